The molecule has 2 amide bonds. The maximum absolute atomic E-state index is 12.6. The molecule has 0 atom stereocenters. The zero-order valence-corrected chi connectivity index (χ0v) is 19.7. The molecule has 0 spiro atoms. The second kappa shape index (κ2) is 11.1. The minimum atomic E-state index is -0.526. The summed E-state index contributed by atoms with van der Waals surface area (Å²) in [7, 11) is 2.96. The van der Waals surface area contributed by atoms with E-state index in [1.165, 1.54) is 26.4 Å². The van der Waals surface area contributed by atoms with Crippen LogP contribution < -0.4 is 29.8 Å². The number of methoxy groups -OCH3 is 2. The smallest absolute Gasteiger partial charge is 0.269 e. The third-order valence-electron chi connectivity index (χ3n) is 4.99. The molecule has 1 aromatic heterocycles. The Morgan fingerprint density at radius 3 is 1.82 bits per heavy atom. The maximum Gasteiger partial charge on any atom is 0.269 e. The molecule has 2 N–H and O–H groups in total. The molecule has 0 aliphatic rings. The van der Waals surface area contributed by atoms with E-state index in [4.69, 9.17) is 23.5 Å². The van der Waals surface area contributed by atoms with Gasteiger partial charge in [-0.2, -0.15) is 0 Å². The molecule has 0 bridgehead atoms. The number of aryl methyl sites for hydroxylation is 2. The van der Waals surface area contributed by atoms with Crippen LogP contribution in [0.3, 0.4) is 0 Å². The van der Waals surface area contributed by atoms with Gasteiger partial charge in [-0.15, -0.1) is 0 Å². The third-order valence-corrected chi connectivity index (χ3v) is 4.99. The molecule has 0 saturated heterocycles. The Hall–Kier alpha value is -4.21. The van der Waals surface area contributed by atoms with Crippen molar-refractivity contribution in [3.63, 3.8) is 0 Å². The van der Waals surface area contributed by atoms with Crippen LogP contribution in [0.1, 0.15) is 44.7 Å². The number of nitrogens with zero attached hydrogens (tertiary/aromatic N) is 1. The van der Waals surface area contributed by atoms with E-state index in [1.54, 1.807) is 31.2 Å². The van der Waals surface area contributed by atoms with Crippen LogP contribution in [0.4, 0.5) is 0 Å². The van der Waals surface area contributed by atoms with Crippen molar-refractivity contribution in [1.29, 1.82) is 0 Å². The molecule has 10 nitrogen and oxygen atoms in total. The van der Waals surface area contributed by atoms with Crippen LogP contribution in [-0.2, 0) is 6.61 Å². The van der Waals surface area contributed by atoms with E-state index in [0.717, 1.165) is 11.3 Å². The minimum Gasteiger partial charge on any atom is -0.493 e. The summed E-state index contributed by atoms with van der Waals surface area (Å²) in [6, 6.07) is 9.43. The summed E-state index contributed by atoms with van der Waals surface area (Å²) in [5.41, 5.74) is 6.92. The predicted molar refractivity (Wildman–Crippen MR) is 122 cm³/mol. The fraction of sp³-hybridized carbons (Fsp3) is 0.292. The number of ether oxygens (including phenoxy) is 4. The minimum absolute atomic E-state index is 0.241. The topological polar surface area (TPSA) is 121 Å². The highest BCUT2D eigenvalue weighted by Gasteiger charge is 2.16. The second-order valence-corrected chi connectivity index (χ2v) is 7.16. The lowest BCUT2D eigenvalue weighted by Crippen LogP contribution is -2.41. The van der Waals surface area contributed by atoms with Crippen LogP contribution in [0.15, 0.2) is 40.9 Å². The predicted octanol–water partition coefficient (Wildman–Crippen LogP) is 3.36. The largest absolute Gasteiger partial charge is 0.493 e. The van der Waals surface area contributed by atoms with Gasteiger partial charge < -0.3 is 23.5 Å². The standard InChI is InChI=1S/C24H27N3O7/c1-6-32-19-9-7-16(11-21(19)30-4)23(28)25-26-24(29)17-8-10-20(22(12-17)31-5)33-13-18-14(2)27-34-15(18)3/h7-12H,6,13H2,1-5H3,(H,25,28)(H,26,29). The summed E-state index contributed by atoms with van der Waals surface area (Å²) in [5.74, 6) is 1.38. The molecule has 3 aromatic rings. The van der Waals surface area contributed by atoms with Gasteiger partial charge >= 0.3 is 0 Å². The van der Waals surface area contributed by atoms with Gasteiger partial charge in [0.15, 0.2) is 23.0 Å². The monoisotopic (exact) mass is 469 g/mol. The van der Waals surface area contributed by atoms with Gasteiger partial charge in [0.2, 0.25) is 0 Å². The number of aromatic nitrogens is 1. The van der Waals surface area contributed by atoms with Crippen LogP contribution in [-0.4, -0.2) is 37.8 Å². The summed E-state index contributed by atoms with van der Waals surface area (Å²) in [5, 5.41) is 3.90. The summed E-state index contributed by atoms with van der Waals surface area (Å²) in [6.07, 6.45) is 0. The Morgan fingerprint density at radius 2 is 1.38 bits per heavy atom. The average Bonchev–Trinajstić information content (AvgIpc) is 3.18. The SMILES string of the molecule is CCOc1ccc(C(=O)NNC(=O)c2ccc(OCc3c(C)noc3C)c(OC)c2)cc1OC. The van der Waals surface area contributed by atoms with E-state index in [9.17, 15) is 9.59 Å². The number of hydrogen-bond donors (Lipinski definition) is 2. The Kier molecular flexibility index (Phi) is 7.96. The lowest BCUT2D eigenvalue weighted by Gasteiger charge is -2.13. The van der Waals surface area contributed by atoms with Gasteiger partial charge in [0, 0.05) is 11.1 Å². The molecule has 0 fully saturated rings. The van der Waals surface area contributed by atoms with Gasteiger partial charge in [-0.25, -0.2) is 0 Å². The van der Waals surface area contributed by atoms with Gasteiger partial charge in [-0.3, -0.25) is 20.4 Å². The van der Waals surface area contributed by atoms with E-state index < -0.39 is 11.8 Å². The van der Waals surface area contributed by atoms with Crippen LogP contribution in [0.25, 0.3) is 0 Å². The average molecular weight is 469 g/mol. The molecule has 0 radical (unpaired) electrons. The lowest BCUT2D eigenvalue weighted by molar-refractivity contribution is 0.0846. The van der Waals surface area contributed by atoms with Crippen LogP contribution in [0.5, 0.6) is 23.0 Å². The van der Waals surface area contributed by atoms with Crippen molar-refractivity contribution in [2.24, 2.45) is 0 Å². The van der Waals surface area contributed by atoms with E-state index >= 15 is 0 Å². The summed E-state index contributed by atoms with van der Waals surface area (Å²) in [4.78, 5) is 25.0. The highest BCUT2D eigenvalue weighted by molar-refractivity contribution is 5.99. The Bertz CT molecular complexity index is 1150. The van der Waals surface area contributed by atoms with Gasteiger partial charge in [0.05, 0.1) is 32.1 Å². The molecule has 180 valence electrons. The zero-order valence-electron chi connectivity index (χ0n) is 19.7. The van der Waals surface area contributed by atoms with Crippen LogP contribution in [0, 0.1) is 13.8 Å². The first-order valence-electron chi connectivity index (χ1n) is 10.5. The van der Waals surface area contributed by atoms with Crippen molar-refractivity contribution in [1.82, 2.24) is 16.0 Å². The van der Waals surface area contributed by atoms with Crippen molar-refractivity contribution in [2.75, 3.05) is 20.8 Å². The molecule has 10 heteroatoms. The number of rotatable bonds is 9. The number of nitrogens with one attached hydrogen (secondary N) is 2. The Labute approximate surface area is 197 Å². The highest BCUT2D eigenvalue weighted by atomic mass is 16.5. The number of hydrogen-bond acceptors (Lipinski definition) is 8. The van der Waals surface area contributed by atoms with Crippen molar-refractivity contribution in [2.45, 2.75) is 27.4 Å². The van der Waals surface area contributed by atoms with E-state index in [2.05, 4.69) is 16.0 Å². The Balaban J connectivity index is 1.64. The first-order valence-corrected chi connectivity index (χ1v) is 10.5. The normalized spacial score (nSPS) is 10.4. The summed E-state index contributed by atoms with van der Waals surface area (Å²) < 4.78 is 27.0. The van der Waals surface area contributed by atoms with Gasteiger partial charge in [-0.1, -0.05) is 5.16 Å². The first-order chi connectivity index (χ1) is 16.4. The molecule has 3 rings (SSSR count). The maximum atomic E-state index is 12.6. The number of hydrazine groups is 1. The van der Waals surface area contributed by atoms with Gasteiger partial charge in [0.1, 0.15) is 12.4 Å². The molecule has 0 unspecified atom stereocenters. The van der Waals surface area contributed by atoms with Gasteiger partial charge in [0.25, 0.3) is 11.8 Å². The third kappa shape index (κ3) is 5.58. The van der Waals surface area contributed by atoms with Crippen molar-refractivity contribution in [3.05, 3.63) is 64.5 Å². The fourth-order valence-corrected chi connectivity index (χ4v) is 3.13. The summed E-state index contributed by atoms with van der Waals surface area (Å²) >= 11 is 0. The quantitative estimate of drug-likeness (QED) is 0.458. The fourth-order valence-electron chi connectivity index (χ4n) is 3.13. The molecule has 34 heavy (non-hydrogen) atoms. The van der Waals surface area contributed by atoms with Crippen LogP contribution >= 0.6 is 0 Å². The number of amides is 2. The van der Waals surface area contributed by atoms with Crippen LogP contribution in [0.2, 0.25) is 0 Å². The molecule has 0 aliphatic carbocycles. The lowest BCUT2D eigenvalue weighted by atomic mass is 10.2. The molecule has 0 saturated carbocycles. The second-order valence-electron chi connectivity index (χ2n) is 7.16. The first kappa shape index (κ1) is 24.4. The van der Waals surface area contributed by atoms with E-state index in [-0.39, 0.29) is 12.2 Å². The molecular formula is C24H27N3O7. The molecule has 0 aliphatic heterocycles. The number of carbonyl (C=O) groups is 2. The van der Waals surface area contributed by atoms with E-state index in [1.807, 2.05) is 13.8 Å². The van der Waals surface area contributed by atoms with Crippen molar-refractivity contribution >= 4 is 11.8 Å². The molecule has 1 heterocycles. The van der Waals surface area contributed by atoms with Crippen molar-refractivity contribution < 1.29 is 33.1 Å². The Morgan fingerprint density at radius 1 is 0.853 bits per heavy atom. The van der Waals surface area contributed by atoms with Gasteiger partial charge in [-0.05, 0) is 57.2 Å². The number of benzene rings is 2. The summed E-state index contributed by atoms with van der Waals surface area (Å²) in [6.45, 7) is 6.19. The molecule has 2 aromatic carbocycles. The van der Waals surface area contributed by atoms with E-state index in [0.29, 0.717) is 40.9 Å². The zero-order chi connectivity index (χ0) is 24.7. The molecular weight excluding hydrogens is 442 g/mol. The number of carbonyl (C=O) groups excluding carboxylic acids is 2. The van der Waals surface area contributed by atoms with Crippen molar-refractivity contribution in [3.8, 4) is 23.0 Å². The highest BCUT2D eigenvalue weighted by Crippen LogP contribution is 2.30.